The van der Waals surface area contributed by atoms with Crippen molar-refractivity contribution in [2.24, 2.45) is 4.99 Å². The Morgan fingerprint density at radius 3 is 3.00 bits per heavy atom. The van der Waals surface area contributed by atoms with Crippen LogP contribution in [-0.4, -0.2) is 50.9 Å². The van der Waals surface area contributed by atoms with Gasteiger partial charge in [-0.15, -0.1) is 0 Å². The van der Waals surface area contributed by atoms with E-state index >= 15 is 0 Å². The lowest BCUT2D eigenvalue weighted by atomic mass is 10.4. The molecule has 0 aliphatic carbocycles. The maximum Gasteiger partial charge on any atom is 0.156 e. The first-order valence-electron chi connectivity index (χ1n) is 4.79. The molecular formula is C9H18N2O2S. The number of hydrogen-bond acceptors (Lipinski definition) is 5. The number of amidine groups is 1. The lowest BCUT2D eigenvalue weighted by molar-refractivity contribution is 0.0316. The Morgan fingerprint density at radius 1 is 1.57 bits per heavy atom. The molecule has 0 spiro atoms. The normalized spacial score (nSPS) is 18.9. The molecule has 1 heterocycles. The molecule has 0 amide bonds. The minimum Gasteiger partial charge on any atom is -0.382 e. The van der Waals surface area contributed by atoms with Crippen LogP contribution in [0, 0.1) is 0 Å². The molecule has 14 heavy (non-hydrogen) atoms. The number of aliphatic imine (C=N–C) groups is 1. The van der Waals surface area contributed by atoms with E-state index in [1.165, 1.54) is 6.42 Å². The van der Waals surface area contributed by atoms with Gasteiger partial charge in [-0.3, -0.25) is 4.99 Å². The fourth-order valence-electron chi connectivity index (χ4n) is 1.16. The molecule has 0 aromatic rings. The third-order valence-corrected chi connectivity index (χ3v) is 3.00. The van der Waals surface area contributed by atoms with Crippen molar-refractivity contribution in [2.75, 3.05) is 39.7 Å². The highest BCUT2D eigenvalue weighted by Crippen LogP contribution is 2.09. The van der Waals surface area contributed by atoms with Gasteiger partial charge in [0.25, 0.3) is 0 Å². The number of hydrogen-bond donors (Lipinski definition) is 1. The standard InChI is InChI=1S/C9H18N2O2S/c1-12-7-8(13-2)6-11-9-10-4-3-5-14-9/h8H,3-7H2,1-2H3,(H,10,11). The molecule has 0 aromatic heterocycles. The quantitative estimate of drug-likeness (QED) is 0.739. The molecule has 4 nitrogen and oxygen atoms in total. The van der Waals surface area contributed by atoms with E-state index in [9.17, 15) is 0 Å². The summed E-state index contributed by atoms with van der Waals surface area (Å²) in [5, 5.41) is 4.30. The molecule has 1 atom stereocenters. The molecule has 0 saturated heterocycles. The number of thioether (sulfide) groups is 1. The lowest BCUT2D eigenvalue weighted by Gasteiger charge is -2.18. The van der Waals surface area contributed by atoms with E-state index in [1.807, 2.05) is 0 Å². The van der Waals surface area contributed by atoms with Gasteiger partial charge in [-0.1, -0.05) is 11.8 Å². The van der Waals surface area contributed by atoms with Gasteiger partial charge < -0.3 is 14.8 Å². The Labute approximate surface area is 89.4 Å². The Balaban J connectivity index is 2.19. The first-order chi connectivity index (χ1) is 6.86. The third-order valence-electron chi connectivity index (χ3n) is 1.96. The Hall–Kier alpha value is -0.260. The van der Waals surface area contributed by atoms with E-state index in [1.54, 1.807) is 26.0 Å². The van der Waals surface area contributed by atoms with Crippen molar-refractivity contribution in [3.05, 3.63) is 0 Å². The van der Waals surface area contributed by atoms with Gasteiger partial charge in [0.05, 0.1) is 12.7 Å². The first-order valence-corrected chi connectivity index (χ1v) is 5.78. The zero-order chi connectivity index (χ0) is 10.2. The SMILES string of the molecule is COCC(CNC1=NCCCS1)OC. The summed E-state index contributed by atoms with van der Waals surface area (Å²) in [5.41, 5.74) is 0. The van der Waals surface area contributed by atoms with Crippen LogP contribution in [0.3, 0.4) is 0 Å². The average molecular weight is 218 g/mol. The molecule has 1 unspecified atom stereocenters. The number of nitrogens with one attached hydrogen (secondary N) is 1. The van der Waals surface area contributed by atoms with Crippen molar-refractivity contribution in [3.63, 3.8) is 0 Å². The highest BCUT2D eigenvalue weighted by Gasteiger charge is 2.09. The van der Waals surface area contributed by atoms with Gasteiger partial charge in [-0.25, -0.2) is 0 Å². The topological polar surface area (TPSA) is 42.8 Å². The van der Waals surface area contributed by atoms with Gasteiger partial charge in [-0.2, -0.15) is 0 Å². The zero-order valence-corrected chi connectivity index (χ0v) is 9.60. The van der Waals surface area contributed by atoms with Gasteiger partial charge in [0.15, 0.2) is 5.17 Å². The molecule has 0 aromatic carbocycles. The van der Waals surface area contributed by atoms with Gasteiger partial charge in [0.2, 0.25) is 0 Å². The molecule has 1 aliphatic heterocycles. The predicted molar refractivity (Wildman–Crippen MR) is 60.1 cm³/mol. The van der Waals surface area contributed by atoms with Gasteiger partial charge in [0, 0.05) is 33.1 Å². The van der Waals surface area contributed by atoms with E-state index in [-0.39, 0.29) is 6.10 Å². The Bertz CT molecular complexity index is 188. The minimum absolute atomic E-state index is 0.102. The Kier molecular flexibility index (Phi) is 5.98. The zero-order valence-electron chi connectivity index (χ0n) is 8.78. The van der Waals surface area contributed by atoms with Crippen LogP contribution in [0.1, 0.15) is 6.42 Å². The van der Waals surface area contributed by atoms with Crippen LogP contribution in [0.4, 0.5) is 0 Å². The van der Waals surface area contributed by atoms with E-state index in [0.29, 0.717) is 6.61 Å². The van der Waals surface area contributed by atoms with E-state index in [0.717, 1.165) is 24.0 Å². The van der Waals surface area contributed by atoms with Crippen LogP contribution in [0.5, 0.6) is 0 Å². The first kappa shape index (κ1) is 11.8. The van der Waals surface area contributed by atoms with Crippen molar-refractivity contribution >= 4 is 16.9 Å². The van der Waals surface area contributed by atoms with Crippen LogP contribution in [0.2, 0.25) is 0 Å². The monoisotopic (exact) mass is 218 g/mol. The Morgan fingerprint density at radius 2 is 2.43 bits per heavy atom. The van der Waals surface area contributed by atoms with Gasteiger partial charge in [-0.05, 0) is 6.42 Å². The fraction of sp³-hybridized carbons (Fsp3) is 0.889. The summed E-state index contributed by atoms with van der Waals surface area (Å²) in [4.78, 5) is 4.37. The van der Waals surface area contributed by atoms with Crippen LogP contribution >= 0.6 is 11.8 Å². The number of ether oxygens (including phenoxy) is 2. The van der Waals surface area contributed by atoms with Crippen LogP contribution in [0.25, 0.3) is 0 Å². The highest BCUT2D eigenvalue weighted by atomic mass is 32.2. The molecule has 1 N–H and O–H groups in total. The van der Waals surface area contributed by atoms with Crippen molar-refractivity contribution in [1.29, 1.82) is 0 Å². The summed E-state index contributed by atoms with van der Waals surface area (Å²) in [5.74, 6) is 1.16. The predicted octanol–water partition coefficient (Wildman–Crippen LogP) is 0.730. The van der Waals surface area contributed by atoms with Gasteiger partial charge >= 0.3 is 0 Å². The van der Waals surface area contributed by atoms with Crippen LogP contribution in [-0.2, 0) is 9.47 Å². The molecular weight excluding hydrogens is 200 g/mol. The average Bonchev–Trinajstić information content (AvgIpc) is 2.25. The summed E-state index contributed by atoms with van der Waals surface area (Å²) < 4.78 is 10.3. The molecule has 5 heteroatoms. The highest BCUT2D eigenvalue weighted by molar-refractivity contribution is 8.13. The largest absolute Gasteiger partial charge is 0.382 e. The molecule has 0 saturated carbocycles. The van der Waals surface area contributed by atoms with Gasteiger partial charge in [0.1, 0.15) is 0 Å². The summed E-state index contributed by atoms with van der Waals surface area (Å²) >= 11 is 1.78. The maximum absolute atomic E-state index is 5.23. The molecule has 0 bridgehead atoms. The number of nitrogens with zero attached hydrogens (tertiary/aromatic N) is 1. The van der Waals surface area contributed by atoms with Crippen molar-refractivity contribution in [1.82, 2.24) is 5.32 Å². The lowest BCUT2D eigenvalue weighted by Crippen LogP contribution is -2.35. The smallest absolute Gasteiger partial charge is 0.156 e. The fourth-order valence-corrected chi connectivity index (χ4v) is 2.00. The van der Waals surface area contributed by atoms with Crippen molar-refractivity contribution in [2.45, 2.75) is 12.5 Å². The van der Waals surface area contributed by atoms with Crippen molar-refractivity contribution in [3.8, 4) is 0 Å². The van der Waals surface area contributed by atoms with E-state index in [4.69, 9.17) is 9.47 Å². The summed E-state index contributed by atoms with van der Waals surface area (Å²) in [7, 11) is 3.38. The molecule has 1 rings (SSSR count). The molecule has 1 aliphatic rings. The molecule has 0 radical (unpaired) electrons. The second kappa shape index (κ2) is 7.09. The van der Waals surface area contributed by atoms with Crippen LogP contribution in [0.15, 0.2) is 4.99 Å². The summed E-state index contributed by atoms with van der Waals surface area (Å²) in [6, 6.07) is 0. The van der Waals surface area contributed by atoms with Crippen LogP contribution < -0.4 is 5.32 Å². The summed E-state index contributed by atoms with van der Waals surface area (Å²) in [6.07, 6.45) is 1.28. The van der Waals surface area contributed by atoms with E-state index in [2.05, 4.69) is 10.3 Å². The summed E-state index contributed by atoms with van der Waals surface area (Å²) in [6.45, 7) is 2.31. The third kappa shape index (κ3) is 4.30. The maximum atomic E-state index is 5.23. The number of methoxy groups -OCH3 is 2. The number of rotatable bonds is 5. The molecule has 0 fully saturated rings. The van der Waals surface area contributed by atoms with E-state index < -0.39 is 0 Å². The van der Waals surface area contributed by atoms with Crippen molar-refractivity contribution < 1.29 is 9.47 Å². The molecule has 82 valence electrons. The minimum atomic E-state index is 0.102. The second-order valence-corrected chi connectivity index (χ2v) is 4.17. The second-order valence-electron chi connectivity index (χ2n) is 3.08.